The molecule has 3 aliphatic heterocycles. The lowest BCUT2D eigenvalue weighted by Crippen LogP contribution is -2.41. The summed E-state index contributed by atoms with van der Waals surface area (Å²) in [6.07, 6.45) is 2.03. The summed E-state index contributed by atoms with van der Waals surface area (Å²) in [5.41, 5.74) is 2.17. The third kappa shape index (κ3) is 5.70. The molecule has 0 aromatic heterocycles. The zero-order chi connectivity index (χ0) is 19.2. The third-order valence-electron chi connectivity index (χ3n) is 5.75. The Kier molecular flexibility index (Phi) is 7.25. The molecule has 1 aromatic carbocycles. The number of nitrogens with one attached hydrogen (secondary N) is 1. The Hall–Kier alpha value is -1.12. The first-order chi connectivity index (χ1) is 13.8. The van der Waals surface area contributed by atoms with Crippen molar-refractivity contribution in [3.8, 4) is 0 Å². The molecule has 0 saturated carbocycles. The number of carbonyl (C=O) groups is 1. The summed E-state index contributed by atoms with van der Waals surface area (Å²) in [5.74, 6) is 2.96. The second-order valence-corrected chi connectivity index (χ2v) is 9.09. The quantitative estimate of drug-likeness (QED) is 0.784. The number of benzene rings is 1. The van der Waals surface area contributed by atoms with Crippen molar-refractivity contribution >= 4 is 23.4 Å². The standard InChI is InChI=1S/C21H31N3O3S/c25-20(16-23-6-4-18(5-7-23)21-26-10-11-27-21)22-19-3-1-2-17(14-19)15-24-8-12-28-13-9-24/h1-3,14,18,21H,4-13,15-16H2,(H,22,25). The van der Waals surface area contributed by atoms with Crippen molar-refractivity contribution in [2.24, 2.45) is 5.92 Å². The molecule has 0 bridgehead atoms. The predicted octanol–water partition coefficient (Wildman–Crippen LogP) is 2.26. The number of anilines is 1. The van der Waals surface area contributed by atoms with Crippen LogP contribution in [0.2, 0.25) is 0 Å². The van der Waals surface area contributed by atoms with Crippen LogP contribution in [0, 0.1) is 5.92 Å². The van der Waals surface area contributed by atoms with E-state index in [0.29, 0.717) is 25.7 Å². The molecule has 6 nitrogen and oxygen atoms in total. The molecule has 0 atom stereocenters. The Labute approximate surface area is 171 Å². The molecular weight excluding hydrogens is 374 g/mol. The van der Waals surface area contributed by atoms with Crippen LogP contribution in [0.3, 0.4) is 0 Å². The number of ether oxygens (including phenoxy) is 2. The Morgan fingerprint density at radius 2 is 1.82 bits per heavy atom. The highest BCUT2D eigenvalue weighted by Gasteiger charge is 2.30. The molecule has 1 amide bonds. The van der Waals surface area contributed by atoms with Gasteiger partial charge in [0.15, 0.2) is 6.29 Å². The summed E-state index contributed by atoms with van der Waals surface area (Å²) in [7, 11) is 0. The number of likely N-dealkylation sites (tertiary alicyclic amines) is 1. The number of amides is 1. The van der Waals surface area contributed by atoms with E-state index in [1.54, 1.807) is 0 Å². The average molecular weight is 406 g/mol. The molecule has 7 heteroatoms. The average Bonchev–Trinajstić information content (AvgIpc) is 3.24. The van der Waals surface area contributed by atoms with Crippen molar-refractivity contribution in [1.29, 1.82) is 0 Å². The van der Waals surface area contributed by atoms with E-state index >= 15 is 0 Å². The van der Waals surface area contributed by atoms with Crippen molar-refractivity contribution in [3.63, 3.8) is 0 Å². The van der Waals surface area contributed by atoms with Crippen LogP contribution in [0.4, 0.5) is 5.69 Å². The zero-order valence-electron chi connectivity index (χ0n) is 16.5. The highest BCUT2D eigenvalue weighted by Crippen LogP contribution is 2.25. The molecule has 0 radical (unpaired) electrons. The molecule has 3 saturated heterocycles. The largest absolute Gasteiger partial charge is 0.350 e. The molecule has 154 valence electrons. The molecule has 3 fully saturated rings. The van der Waals surface area contributed by atoms with Crippen LogP contribution in [0.1, 0.15) is 18.4 Å². The van der Waals surface area contributed by atoms with E-state index in [4.69, 9.17) is 9.47 Å². The normalized spacial score (nSPS) is 23.1. The minimum absolute atomic E-state index is 0.0304. The van der Waals surface area contributed by atoms with Gasteiger partial charge in [0.1, 0.15) is 0 Å². The minimum Gasteiger partial charge on any atom is -0.350 e. The van der Waals surface area contributed by atoms with Gasteiger partial charge in [0.2, 0.25) is 5.91 Å². The summed E-state index contributed by atoms with van der Waals surface area (Å²) >= 11 is 2.03. The van der Waals surface area contributed by atoms with E-state index in [1.165, 1.54) is 17.1 Å². The van der Waals surface area contributed by atoms with E-state index < -0.39 is 0 Å². The van der Waals surface area contributed by atoms with Crippen LogP contribution in [0.5, 0.6) is 0 Å². The fourth-order valence-corrected chi connectivity index (χ4v) is 5.18. The summed E-state index contributed by atoms with van der Waals surface area (Å²) in [6, 6.07) is 8.28. The SMILES string of the molecule is O=C(CN1CCC(C2OCCO2)CC1)Nc1cccc(CN2CCSCC2)c1. The summed E-state index contributed by atoms with van der Waals surface area (Å²) in [6.45, 7) is 6.98. The summed E-state index contributed by atoms with van der Waals surface area (Å²) < 4.78 is 11.3. The molecule has 4 rings (SSSR count). The number of nitrogens with zero attached hydrogens (tertiary/aromatic N) is 2. The van der Waals surface area contributed by atoms with Gasteiger partial charge in [-0.2, -0.15) is 11.8 Å². The molecule has 0 aliphatic carbocycles. The fourth-order valence-electron chi connectivity index (χ4n) is 4.20. The van der Waals surface area contributed by atoms with E-state index in [-0.39, 0.29) is 12.2 Å². The smallest absolute Gasteiger partial charge is 0.238 e. The first-order valence-electron chi connectivity index (χ1n) is 10.4. The second kappa shape index (κ2) is 10.1. The van der Waals surface area contributed by atoms with Gasteiger partial charge in [0, 0.05) is 42.7 Å². The van der Waals surface area contributed by atoms with Crippen LogP contribution in [-0.4, -0.2) is 79.4 Å². The number of hydrogen-bond donors (Lipinski definition) is 1. The third-order valence-corrected chi connectivity index (χ3v) is 6.70. The Bertz CT molecular complexity index is 640. The lowest BCUT2D eigenvalue weighted by atomic mass is 9.96. The Morgan fingerprint density at radius 1 is 1.07 bits per heavy atom. The van der Waals surface area contributed by atoms with E-state index in [0.717, 1.165) is 51.3 Å². The number of hydrogen-bond acceptors (Lipinski definition) is 6. The van der Waals surface area contributed by atoms with Crippen LogP contribution in [0.25, 0.3) is 0 Å². The fraction of sp³-hybridized carbons (Fsp3) is 0.667. The van der Waals surface area contributed by atoms with E-state index in [1.807, 2.05) is 23.9 Å². The lowest BCUT2D eigenvalue weighted by molar-refractivity contribution is -0.119. The Balaban J connectivity index is 1.22. The molecule has 3 aliphatic rings. The summed E-state index contributed by atoms with van der Waals surface area (Å²) in [4.78, 5) is 17.2. The number of carbonyl (C=O) groups excluding carboxylic acids is 1. The molecule has 0 unspecified atom stereocenters. The van der Waals surface area contributed by atoms with Crippen molar-refractivity contribution < 1.29 is 14.3 Å². The van der Waals surface area contributed by atoms with Crippen molar-refractivity contribution in [1.82, 2.24) is 9.80 Å². The molecule has 28 heavy (non-hydrogen) atoms. The van der Waals surface area contributed by atoms with Gasteiger partial charge in [-0.05, 0) is 43.6 Å². The first-order valence-corrected chi connectivity index (χ1v) is 11.6. The van der Waals surface area contributed by atoms with Gasteiger partial charge >= 0.3 is 0 Å². The Morgan fingerprint density at radius 3 is 2.57 bits per heavy atom. The van der Waals surface area contributed by atoms with Gasteiger partial charge in [-0.15, -0.1) is 0 Å². The maximum absolute atomic E-state index is 12.5. The zero-order valence-corrected chi connectivity index (χ0v) is 17.3. The highest BCUT2D eigenvalue weighted by molar-refractivity contribution is 7.99. The van der Waals surface area contributed by atoms with Gasteiger partial charge in [0.25, 0.3) is 0 Å². The van der Waals surface area contributed by atoms with Crippen LogP contribution < -0.4 is 5.32 Å². The van der Waals surface area contributed by atoms with Gasteiger partial charge in [-0.25, -0.2) is 0 Å². The van der Waals surface area contributed by atoms with Gasteiger partial charge < -0.3 is 14.8 Å². The first kappa shape index (κ1) is 20.2. The topological polar surface area (TPSA) is 54.0 Å². The molecule has 0 spiro atoms. The van der Waals surface area contributed by atoms with E-state index in [2.05, 4.69) is 27.2 Å². The van der Waals surface area contributed by atoms with Crippen molar-refractivity contribution in [2.45, 2.75) is 25.7 Å². The van der Waals surface area contributed by atoms with Crippen molar-refractivity contribution in [3.05, 3.63) is 29.8 Å². The minimum atomic E-state index is -0.0304. The molecule has 1 N–H and O–H groups in total. The van der Waals surface area contributed by atoms with Crippen LogP contribution in [-0.2, 0) is 20.8 Å². The lowest BCUT2D eigenvalue weighted by Gasteiger charge is -2.33. The molecular formula is C21H31N3O3S. The summed E-state index contributed by atoms with van der Waals surface area (Å²) in [5, 5.41) is 3.08. The second-order valence-electron chi connectivity index (χ2n) is 7.86. The maximum atomic E-state index is 12.5. The molecule has 3 heterocycles. The highest BCUT2D eigenvalue weighted by atomic mass is 32.2. The number of piperidine rings is 1. The van der Waals surface area contributed by atoms with E-state index in [9.17, 15) is 4.79 Å². The van der Waals surface area contributed by atoms with Crippen LogP contribution in [0.15, 0.2) is 24.3 Å². The number of thioether (sulfide) groups is 1. The van der Waals surface area contributed by atoms with Gasteiger partial charge in [-0.3, -0.25) is 14.6 Å². The van der Waals surface area contributed by atoms with Gasteiger partial charge in [0.05, 0.1) is 19.8 Å². The van der Waals surface area contributed by atoms with Gasteiger partial charge in [-0.1, -0.05) is 12.1 Å². The van der Waals surface area contributed by atoms with Crippen LogP contribution >= 0.6 is 11.8 Å². The van der Waals surface area contributed by atoms with Crippen molar-refractivity contribution in [2.75, 3.05) is 62.8 Å². The molecule has 1 aromatic rings. The maximum Gasteiger partial charge on any atom is 0.238 e. The number of rotatable bonds is 6. The predicted molar refractivity (Wildman–Crippen MR) is 113 cm³/mol. The monoisotopic (exact) mass is 405 g/mol.